The zero-order chi connectivity index (χ0) is 18.0. The first-order valence-electron chi connectivity index (χ1n) is 9.01. The van der Waals surface area contributed by atoms with Crippen LogP contribution in [0.15, 0.2) is 30.1 Å². The molecular formula is C20H27N3O2. The van der Waals surface area contributed by atoms with E-state index in [0.717, 1.165) is 38.0 Å². The lowest BCUT2D eigenvalue weighted by molar-refractivity contribution is -0.127. The van der Waals surface area contributed by atoms with E-state index >= 15 is 0 Å². The minimum absolute atomic E-state index is 0.0489. The zero-order valence-corrected chi connectivity index (χ0v) is 15.4. The van der Waals surface area contributed by atoms with Gasteiger partial charge in [0.05, 0.1) is 5.56 Å². The number of likely N-dealkylation sites (tertiary alicyclic amines) is 2. The fourth-order valence-corrected chi connectivity index (χ4v) is 3.82. The van der Waals surface area contributed by atoms with Gasteiger partial charge in [-0.3, -0.25) is 14.6 Å². The van der Waals surface area contributed by atoms with Crippen molar-refractivity contribution in [1.29, 1.82) is 0 Å². The third-order valence-corrected chi connectivity index (χ3v) is 5.51. The fourth-order valence-electron chi connectivity index (χ4n) is 3.82. The van der Waals surface area contributed by atoms with E-state index in [0.29, 0.717) is 18.5 Å². The first kappa shape index (κ1) is 17.6. The standard InChI is InChI=1S/C20H27N3O2/c1-15(2)5-9-23-14-20(12-18(23)24)6-10-22(11-7-20)19(25)17-13-21-8-4-16(17)3/h4-5,8,13H,6-7,9-12,14H2,1-3H3. The molecule has 2 fully saturated rings. The second-order valence-corrected chi connectivity index (χ2v) is 7.72. The van der Waals surface area contributed by atoms with Crippen LogP contribution in [0.25, 0.3) is 0 Å². The van der Waals surface area contributed by atoms with Crippen LogP contribution in [0.1, 0.15) is 49.0 Å². The number of aryl methyl sites for hydroxylation is 1. The number of rotatable bonds is 3. The molecule has 5 heteroatoms. The predicted molar refractivity (Wildman–Crippen MR) is 97.2 cm³/mol. The van der Waals surface area contributed by atoms with Crippen LogP contribution in [-0.4, -0.2) is 52.8 Å². The summed E-state index contributed by atoms with van der Waals surface area (Å²) >= 11 is 0. The number of hydrogen-bond acceptors (Lipinski definition) is 3. The van der Waals surface area contributed by atoms with Gasteiger partial charge in [-0.15, -0.1) is 0 Å². The topological polar surface area (TPSA) is 53.5 Å². The monoisotopic (exact) mass is 341 g/mol. The van der Waals surface area contributed by atoms with Gasteiger partial charge >= 0.3 is 0 Å². The molecule has 2 aliphatic rings. The lowest BCUT2D eigenvalue weighted by Gasteiger charge is -2.39. The number of carbonyl (C=O) groups is 2. The van der Waals surface area contributed by atoms with Crippen LogP contribution in [0, 0.1) is 12.3 Å². The largest absolute Gasteiger partial charge is 0.339 e. The summed E-state index contributed by atoms with van der Waals surface area (Å²) in [6, 6.07) is 1.87. The molecule has 0 atom stereocenters. The van der Waals surface area contributed by atoms with E-state index in [9.17, 15) is 9.59 Å². The van der Waals surface area contributed by atoms with Crippen molar-refractivity contribution < 1.29 is 9.59 Å². The number of nitrogens with zero attached hydrogens (tertiary/aromatic N) is 3. The van der Waals surface area contributed by atoms with Crippen molar-refractivity contribution >= 4 is 11.8 Å². The van der Waals surface area contributed by atoms with Crippen molar-refractivity contribution in [3.05, 3.63) is 41.2 Å². The van der Waals surface area contributed by atoms with E-state index in [2.05, 4.69) is 24.9 Å². The van der Waals surface area contributed by atoms with Gasteiger partial charge in [0, 0.05) is 50.4 Å². The highest BCUT2D eigenvalue weighted by atomic mass is 16.2. The molecule has 0 N–H and O–H groups in total. The van der Waals surface area contributed by atoms with Crippen LogP contribution >= 0.6 is 0 Å². The van der Waals surface area contributed by atoms with Gasteiger partial charge in [0.15, 0.2) is 0 Å². The minimum Gasteiger partial charge on any atom is -0.339 e. The molecule has 0 aliphatic carbocycles. The van der Waals surface area contributed by atoms with Crippen molar-refractivity contribution in [2.75, 3.05) is 26.2 Å². The van der Waals surface area contributed by atoms with Gasteiger partial charge in [-0.05, 0) is 45.2 Å². The molecule has 5 nitrogen and oxygen atoms in total. The second-order valence-electron chi connectivity index (χ2n) is 7.72. The molecule has 0 radical (unpaired) electrons. The smallest absolute Gasteiger partial charge is 0.255 e. The van der Waals surface area contributed by atoms with Crippen LogP contribution in [-0.2, 0) is 4.79 Å². The van der Waals surface area contributed by atoms with Gasteiger partial charge in [-0.2, -0.15) is 0 Å². The number of hydrogen-bond donors (Lipinski definition) is 0. The van der Waals surface area contributed by atoms with Gasteiger partial charge in [-0.25, -0.2) is 0 Å². The van der Waals surface area contributed by atoms with Crippen molar-refractivity contribution in [2.24, 2.45) is 5.41 Å². The van der Waals surface area contributed by atoms with Crippen LogP contribution in [0.5, 0.6) is 0 Å². The van der Waals surface area contributed by atoms with E-state index in [1.165, 1.54) is 5.57 Å². The quantitative estimate of drug-likeness (QED) is 0.795. The molecule has 2 amide bonds. The van der Waals surface area contributed by atoms with E-state index in [1.54, 1.807) is 12.4 Å². The Balaban J connectivity index is 1.62. The Morgan fingerprint density at radius 1 is 1.32 bits per heavy atom. The molecule has 25 heavy (non-hydrogen) atoms. The Kier molecular flexibility index (Phi) is 4.93. The molecule has 3 rings (SSSR count). The highest BCUT2D eigenvalue weighted by Crippen LogP contribution is 2.41. The van der Waals surface area contributed by atoms with Crippen molar-refractivity contribution in [1.82, 2.24) is 14.8 Å². The Labute approximate surface area is 149 Å². The summed E-state index contributed by atoms with van der Waals surface area (Å²) in [5.74, 6) is 0.312. The maximum Gasteiger partial charge on any atom is 0.255 e. The van der Waals surface area contributed by atoms with Gasteiger partial charge in [0.1, 0.15) is 0 Å². The SMILES string of the molecule is CC(C)=CCN1CC2(CCN(C(=O)c3cnccc3C)CC2)CC1=O. The van der Waals surface area contributed by atoms with E-state index in [4.69, 9.17) is 0 Å². The number of carbonyl (C=O) groups excluding carboxylic acids is 2. The molecule has 134 valence electrons. The first-order chi connectivity index (χ1) is 11.9. The summed E-state index contributed by atoms with van der Waals surface area (Å²) in [4.78, 5) is 33.0. The van der Waals surface area contributed by atoms with Crippen LogP contribution in [0.3, 0.4) is 0 Å². The van der Waals surface area contributed by atoms with Crippen LogP contribution < -0.4 is 0 Å². The Morgan fingerprint density at radius 3 is 2.68 bits per heavy atom. The molecule has 1 aromatic heterocycles. The lowest BCUT2D eigenvalue weighted by atomic mass is 9.77. The van der Waals surface area contributed by atoms with Gasteiger partial charge in [0.2, 0.25) is 5.91 Å². The molecule has 2 saturated heterocycles. The number of pyridine rings is 1. The predicted octanol–water partition coefficient (Wildman–Crippen LogP) is 2.81. The maximum atomic E-state index is 12.7. The van der Waals surface area contributed by atoms with Gasteiger partial charge in [0.25, 0.3) is 5.91 Å². The van der Waals surface area contributed by atoms with E-state index < -0.39 is 0 Å². The molecule has 1 aromatic rings. The first-order valence-corrected chi connectivity index (χ1v) is 9.01. The Bertz CT molecular complexity index is 699. The second kappa shape index (κ2) is 6.98. The zero-order valence-electron chi connectivity index (χ0n) is 15.4. The molecule has 0 saturated carbocycles. The van der Waals surface area contributed by atoms with E-state index in [1.807, 2.05) is 22.8 Å². The number of allylic oxidation sites excluding steroid dienone is 1. The molecule has 0 bridgehead atoms. The van der Waals surface area contributed by atoms with Gasteiger partial charge in [-0.1, -0.05) is 11.6 Å². The van der Waals surface area contributed by atoms with E-state index in [-0.39, 0.29) is 17.2 Å². The fraction of sp³-hybridized carbons (Fsp3) is 0.550. The summed E-state index contributed by atoms with van der Waals surface area (Å²) in [5, 5.41) is 0. The van der Waals surface area contributed by atoms with Crippen molar-refractivity contribution in [2.45, 2.75) is 40.0 Å². The van der Waals surface area contributed by atoms with Crippen LogP contribution in [0.2, 0.25) is 0 Å². The highest BCUT2D eigenvalue weighted by Gasteiger charge is 2.45. The molecular weight excluding hydrogens is 314 g/mol. The third kappa shape index (κ3) is 3.75. The summed E-state index contributed by atoms with van der Waals surface area (Å²) in [5.41, 5.74) is 2.93. The molecule has 0 unspecified atom stereocenters. The summed E-state index contributed by atoms with van der Waals surface area (Å²) in [6.07, 6.45) is 7.90. The third-order valence-electron chi connectivity index (χ3n) is 5.51. The number of piperidine rings is 1. The van der Waals surface area contributed by atoms with Gasteiger partial charge < -0.3 is 9.80 Å². The number of amides is 2. The summed E-state index contributed by atoms with van der Waals surface area (Å²) < 4.78 is 0. The Hall–Kier alpha value is -2.17. The molecule has 0 aromatic carbocycles. The van der Waals surface area contributed by atoms with Crippen molar-refractivity contribution in [3.63, 3.8) is 0 Å². The summed E-state index contributed by atoms with van der Waals surface area (Å²) in [7, 11) is 0. The normalized spacial score (nSPS) is 19.4. The Morgan fingerprint density at radius 2 is 2.04 bits per heavy atom. The summed E-state index contributed by atoms with van der Waals surface area (Å²) in [6.45, 7) is 9.02. The average molecular weight is 341 g/mol. The molecule has 2 aliphatic heterocycles. The van der Waals surface area contributed by atoms with Crippen LogP contribution in [0.4, 0.5) is 0 Å². The minimum atomic E-state index is 0.0489. The maximum absolute atomic E-state index is 12.7. The van der Waals surface area contributed by atoms with Crippen molar-refractivity contribution in [3.8, 4) is 0 Å². The lowest BCUT2D eigenvalue weighted by Crippen LogP contribution is -2.44. The molecule has 3 heterocycles. The molecule has 1 spiro atoms. The highest BCUT2D eigenvalue weighted by molar-refractivity contribution is 5.95. The number of aromatic nitrogens is 1. The average Bonchev–Trinajstić information content (AvgIpc) is 2.89.